The van der Waals surface area contributed by atoms with E-state index in [0.717, 1.165) is 11.3 Å². The lowest BCUT2D eigenvalue weighted by atomic mass is 10.1. The van der Waals surface area contributed by atoms with Gasteiger partial charge in [-0.1, -0.05) is 23.7 Å². The van der Waals surface area contributed by atoms with Crippen LogP contribution in [0.2, 0.25) is 5.02 Å². The number of carbonyl (C=O) groups excluding carboxylic acids is 2. The molecule has 8 nitrogen and oxygen atoms in total. The Balaban J connectivity index is 1.76. The molecule has 1 atom stereocenters. The van der Waals surface area contributed by atoms with E-state index in [-0.39, 0.29) is 37.2 Å². The Bertz CT molecular complexity index is 860. The summed E-state index contributed by atoms with van der Waals surface area (Å²) in [5, 5.41) is 21.1. The van der Waals surface area contributed by atoms with Crippen LogP contribution < -0.4 is 15.7 Å². The maximum Gasteiger partial charge on any atom is 0.250 e. The lowest BCUT2D eigenvalue weighted by molar-refractivity contribution is -0.305. The Hall–Kier alpha value is -2.87. The molecule has 1 aromatic heterocycles. The van der Waals surface area contributed by atoms with E-state index in [9.17, 15) is 14.7 Å². The van der Waals surface area contributed by atoms with Crippen LogP contribution in [0, 0.1) is 0 Å². The normalized spacial score (nSPS) is 15.6. The summed E-state index contributed by atoms with van der Waals surface area (Å²) in [6.45, 7) is 1.92. The number of nitrogens with zero attached hydrogens (tertiary/aromatic N) is 3. The summed E-state index contributed by atoms with van der Waals surface area (Å²) in [5.74, 6) is -0.852. The van der Waals surface area contributed by atoms with Crippen molar-refractivity contribution >= 4 is 35.4 Å². The molecule has 0 aliphatic carbocycles. The van der Waals surface area contributed by atoms with Crippen LogP contribution in [-0.2, 0) is 9.59 Å². The Labute approximate surface area is 154 Å². The van der Waals surface area contributed by atoms with Crippen molar-refractivity contribution in [3.8, 4) is 0 Å². The van der Waals surface area contributed by atoms with Crippen LogP contribution in [0.3, 0.4) is 0 Å². The van der Waals surface area contributed by atoms with Gasteiger partial charge in [-0.25, -0.2) is 4.68 Å². The number of anilines is 2. The minimum absolute atomic E-state index is 0.0587. The number of benzene rings is 1. The highest BCUT2D eigenvalue weighted by Crippen LogP contribution is 2.30. The maximum atomic E-state index is 11.9. The van der Waals surface area contributed by atoms with Gasteiger partial charge in [0, 0.05) is 23.1 Å². The summed E-state index contributed by atoms with van der Waals surface area (Å²) in [6, 6.07) is 7.24. The quantitative estimate of drug-likeness (QED) is 0.796. The molecule has 1 aliphatic heterocycles. The van der Waals surface area contributed by atoms with Gasteiger partial charge in [0.05, 0.1) is 0 Å². The highest BCUT2D eigenvalue weighted by atomic mass is 35.5. The van der Waals surface area contributed by atoms with Gasteiger partial charge in [0.15, 0.2) is 0 Å². The molecule has 1 amide bonds. The number of allylic oxidation sites excluding steroid dienone is 2. The molecule has 0 radical (unpaired) electrons. The summed E-state index contributed by atoms with van der Waals surface area (Å²) in [7, 11) is 0. The van der Waals surface area contributed by atoms with E-state index >= 15 is 0 Å². The predicted octanol–water partition coefficient (Wildman–Crippen LogP) is 1.71. The van der Waals surface area contributed by atoms with Crippen molar-refractivity contribution in [2.75, 3.05) is 10.6 Å². The van der Waals surface area contributed by atoms with E-state index in [1.165, 1.54) is 0 Å². The van der Waals surface area contributed by atoms with Crippen molar-refractivity contribution in [3.05, 3.63) is 46.6 Å². The molecule has 0 fully saturated rings. The van der Waals surface area contributed by atoms with E-state index in [4.69, 9.17) is 11.6 Å². The van der Waals surface area contributed by atoms with Crippen molar-refractivity contribution in [1.82, 2.24) is 14.8 Å². The summed E-state index contributed by atoms with van der Waals surface area (Å²) in [6.07, 6.45) is 2.09. The third-order valence-corrected chi connectivity index (χ3v) is 4.11. The fourth-order valence-electron chi connectivity index (χ4n) is 2.66. The standard InChI is InChI=1S/C17H18ClN5O3/c1-10-9-13(11-5-7-12(18)8-6-11)23-17(19-10)21-16(22-23)20-14(24)3-2-4-15(25)26/h5-9,13H,2-4H2,1H3,(H,25,26)(H2,19,20,21,22,24)/p-1/t13-/m1/s1. The minimum Gasteiger partial charge on any atom is -0.550 e. The maximum absolute atomic E-state index is 11.9. The number of carboxylic acids is 1. The highest BCUT2D eigenvalue weighted by molar-refractivity contribution is 6.30. The zero-order valence-electron chi connectivity index (χ0n) is 14.0. The number of fused-ring (bicyclic) bond motifs is 1. The number of nitrogens with one attached hydrogen (secondary N) is 2. The van der Waals surface area contributed by atoms with Gasteiger partial charge in [0.2, 0.25) is 11.9 Å². The SMILES string of the molecule is CC1=C[C@H](c2ccc(Cl)cc2)n2nc(NC(=O)CCCC(=O)[O-])nc2N1. The largest absolute Gasteiger partial charge is 0.550 e. The second kappa shape index (κ2) is 7.57. The number of amides is 1. The van der Waals surface area contributed by atoms with Crippen molar-refractivity contribution in [2.24, 2.45) is 0 Å². The summed E-state index contributed by atoms with van der Waals surface area (Å²) in [4.78, 5) is 26.6. The van der Waals surface area contributed by atoms with Gasteiger partial charge in [0.25, 0.3) is 5.95 Å². The van der Waals surface area contributed by atoms with Crippen LogP contribution in [0.15, 0.2) is 36.0 Å². The smallest absolute Gasteiger partial charge is 0.250 e. The summed E-state index contributed by atoms with van der Waals surface area (Å²) >= 11 is 5.95. The Morgan fingerprint density at radius 3 is 2.73 bits per heavy atom. The molecular formula is C17H17ClN5O3-. The van der Waals surface area contributed by atoms with Crippen LogP contribution in [0.1, 0.15) is 37.8 Å². The number of hydrogen-bond acceptors (Lipinski definition) is 6. The molecule has 136 valence electrons. The summed E-state index contributed by atoms with van der Waals surface area (Å²) in [5.41, 5.74) is 1.89. The first-order valence-corrected chi connectivity index (χ1v) is 8.47. The van der Waals surface area contributed by atoms with Gasteiger partial charge in [-0.05, 0) is 43.5 Å². The second-order valence-electron chi connectivity index (χ2n) is 5.95. The third kappa shape index (κ3) is 4.20. The molecule has 9 heteroatoms. The molecule has 2 aromatic rings. The first-order chi connectivity index (χ1) is 12.4. The molecule has 26 heavy (non-hydrogen) atoms. The average Bonchev–Trinajstić information content (AvgIpc) is 2.96. The molecule has 0 bridgehead atoms. The van der Waals surface area contributed by atoms with Gasteiger partial charge in [-0.3, -0.25) is 10.1 Å². The van der Waals surface area contributed by atoms with E-state index in [0.29, 0.717) is 11.0 Å². The number of halogens is 1. The van der Waals surface area contributed by atoms with Crippen molar-refractivity contribution < 1.29 is 14.7 Å². The molecule has 0 saturated heterocycles. The predicted molar refractivity (Wildman–Crippen MR) is 94.5 cm³/mol. The van der Waals surface area contributed by atoms with E-state index in [2.05, 4.69) is 20.7 Å². The second-order valence-corrected chi connectivity index (χ2v) is 6.38. The van der Waals surface area contributed by atoms with Crippen molar-refractivity contribution in [3.63, 3.8) is 0 Å². The van der Waals surface area contributed by atoms with Crippen LogP contribution in [0.4, 0.5) is 11.9 Å². The van der Waals surface area contributed by atoms with E-state index in [1.807, 2.05) is 25.1 Å². The molecule has 3 rings (SSSR count). The van der Waals surface area contributed by atoms with Gasteiger partial charge in [0.1, 0.15) is 6.04 Å². The van der Waals surface area contributed by atoms with Crippen molar-refractivity contribution in [2.45, 2.75) is 32.2 Å². The van der Waals surface area contributed by atoms with Gasteiger partial charge in [-0.2, -0.15) is 4.98 Å². The number of aromatic nitrogens is 3. The molecule has 0 spiro atoms. The van der Waals surface area contributed by atoms with Crippen molar-refractivity contribution in [1.29, 1.82) is 0 Å². The third-order valence-electron chi connectivity index (χ3n) is 3.86. The molecule has 2 heterocycles. The van der Waals surface area contributed by atoms with Gasteiger partial charge in [-0.15, -0.1) is 5.10 Å². The fraction of sp³-hybridized carbons (Fsp3) is 0.294. The van der Waals surface area contributed by atoms with Crippen LogP contribution in [0.25, 0.3) is 0 Å². The Kier molecular flexibility index (Phi) is 5.22. The molecular weight excluding hydrogens is 358 g/mol. The van der Waals surface area contributed by atoms with Crippen LogP contribution >= 0.6 is 11.6 Å². The zero-order chi connectivity index (χ0) is 18.7. The minimum atomic E-state index is -1.18. The monoisotopic (exact) mass is 374 g/mol. The number of carboxylic acid groups (broad SMARTS) is 1. The zero-order valence-corrected chi connectivity index (χ0v) is 14.8. The number of hydrogen-bond donors (Lipinski definition) is 2. The first-order valence-electron chi connectivity index (χ1n) is 8.09. The van der Waals surface area contributed by atoms with Crippen LogP contribution in [0.5, 0.6) is 0 Å². The summed E-state index contributed by atoms with van der Waals surface area (Å²) < 4.78 is 1.67. The average molecular weight is 375 g/mol. The highest BCUT2D eigenvalue weighted by Gasteiger charge is 2.23. The van der Waals surface area contributed by atoms with E-state index in [1.54, 1.807) is 16.8 Å². The molecule has 1 aromatic carbocycles. The first kappa shape index (κ1) is 17.9. The molecule has 0 saturated carbocycles. The van der Waals surface area contributed by atoms with Gasteiger partial charge < -0.3 is 15.2 Å². The Morgan fingerprint density at radius 1 is 1.31 bits per heavy atom. The number of aliphatic carboxylic acids is 1. The van der Waals surface area contributed by atoms with Crippen LogP contribution in [-0.4, -0.2) is 26.6 Å². The molecule has 0 unspecified atom stereocenters. The van der Waals surface area contributed by atoms with Gasteiger partial charge >= 0.3 is 0 Å². The topological polar surface area (TPSA) is 112 Å². The number of rotatable bonds is 6. The molecule has 2 N–H and O–H groups in total. The number of carbonyl (C=O) groups is 2. The van der Waals surface area contributed by atoms with E-state index < -0.39 is 5.97 Å². The molecule has 1 aliphatic rings. The fourth-order valence-corrected chi connectivity index (χ4v) is 2.78. The lowest BCUT2D eigenvalue weighted by Gasteiger charge is -2.22. The Morgan fingerprint density at radius 2 is 2.04 bits per heavy atom. The lowest BCUT2D eigenvalue weighted by Crippen LogP contribution is -2.22.